The molecule has 2 aromatic rings. The van der Waals surface area contributed by atoms with Gasteiger partial charge in [-0.15, -0.1) is 0 Å². The minimum Gasteiger partial charge on any atom is -0.463 e. The van der Waals surface area contributed by atoms with E-state index in [1.807, 2.05) is 0 Å². The molecule has 0 unspecified atom stereocenters. The molecule has 0 saturated carbocycles. The van der Waals surface area contributed by atoms with Crippen molar-refractivity contribution in [2.24, 2.45) is 0 Å². The summed E-state index contributed by atoms with van der Waals surface area (Å²) in [5.41, 5.74) is 2.67. The minimum absolute atomic E-state index is 0.0503. The lowest BCUT2D eigenvalue weighted by Crippen LogP contribution is -2.29. The Morgan fingerprint density at radius 3 is 2.44 bits per heavy atom. The van der Waals surface area contributed by atoms with Crippen molar-refractivity contribution in [3.8, 4) is 5.75 Å². The molecule has 2 aromatic carbocycles. The second kappa shape index (κ2) is 8.51. The van der Waals surface area contributed by atoms with Crippen LogP contribution in [0.5, 0.6) is 5.75 Å². The molecule has 0 atom stereocenters. The SMILES string of the molecule is CCOC(=O)C1=C(C)N(c2ccc(OS(=O)(=O)c3ccccc3)cc2)C2=C(C1)C(=O)OC2. The second-order valence-electron chi connectivity index (χ2n) is 7.14. The van der Waals surface area contributed by atoms with Crippen LogP contribution in [0.3, 0.4) is 0 Å². The number of hydrogen-bond acceptors (Lipinski definition) is 8. The average molecular weight is 455 g/mol. The van der Waals surface area contributed by atoms with Crippen molar-refractivity contribution >= 4 is 27.7 Å². The first kappa shape index (κ1) is 21.6. The molecule has 9 heteroatoms. The van der Waals surface area contributed by atoms with E-state index in [1.165, 1.54) is 24.3 Å². The number of anilines is 1. The lowest BCUT2D eigenvalue weighted by atomic mass is 9.96. The highest BCUT2D eigenvalue weighted by atomic mass is 32.2. The lowest BCUT2D eigenvalue weighted by Gasteiger charge is -2.31. The zero-order valence-corrected chi connectivity index (χ0v) is 18.3. The average Bonchev–Trinajstić information content (AvgIpc) is 3.15. The summed E-state index contributed by atoms with van der Waals surface area (Å²) in [6.07, 6.45) is 0.145. The van der Waals surface area contributed by atoms with Crippen LogP contribution in [-0.2, 0) is 29.2 Å². The topological polar surface area (TPSA) is 99.2 Å². The Bertz CT molecular complexity index is 1230. The van der Waals surface area contributed by atoms with E-state index in [2.05, 4.69) is 0 Å². The Hall–Kier alpha value is -3.59. The van der Waals surface area contributed by atoms with Gasteiger partial charge in [0.2, 0.25) is 0 Å². The standard InChI is InChI=1S/C23H21NO7S/c1-3-29-22(25)19-13-20-21(14-30-23(20)26)24(15(19)2)16-9-11-17(12-10-16)31-32(27,28)18-7-5-4-6-8-18/h4-12H,3,13-14H2,1-2H3. The highest BCUT2D eigenvalue weighted by Gasteiger charge is 2.37. The third-order valence-corrected chi connectivity index (χ3v) is 6.45. The molecule has 0 fully saturated rings. The first-order valence-electron chi connectivity index (χ1n) is 9.97. The number of esters is 2. The molecular weight excluding hydrogens is 434 g/mol. The van der Waals surface area contributed by atoms with Crippen LogP contribution >= 0.6 is 0 Å². The monoisotopic (exact) mass is 455 g/mol. The van der Waals surface area contributed by atoms with E-state index in [1.54, 1.807) is 49.1 Å². The van der Waals surface area contributed by atoms with Gasteiger partial charge in [0.05, 0.1) is 23.5 Å². The molecule has 2 aliphatic heterocycles. The molecule has 8 nitrogen and oxygen atoms in total. The van der Waals surface area contributed by atoms with Crippen molar-refractivity contribution in [3.05, 3.63) is 77.1 Å². The van der Waals surface area contributed by atoms with Crippen molar-refractivity contribution in [3.63, 3.8) is 0 Å². The van der Waals surface area contributed by atoms with E-state index in [4.69, 9.17) is 13.7 Å². The second-order valence-corrected chi connectivity index (χ2v) is 8.69. The van der Waals surface area contributed by atoms with Crippen LogP contribution in [0.25, 0.3) is 0 Å². The Kier molecular flexibility index (Phi) is 5.75. The third kappa shape index (κ3) is 3.99. The van der Waals surface area contributed by atoms with Crippen LogP contribution in [0, 0.1) is 0 Å². The van der Waals surface area contributed by atoms with E-state index in [-0.39, 0.29) is 30.3 Å². The maximum atomic E-state index is 12.5. The summed E-state index contributed by atoms with van der Waals surface area (Å²) in [5, 5.41) is 0. The van der Waals surface area contributed by atoms with Crippen LogP contribution < -0.4 is 9.08 Å². The molecule has 0 saturated heterocycles. The Balaban J connectivity index is 1.66. The van der Waals surface area contributed by atoms with E-state index in [0.29, 0.717) is 28.2 Å². The molecule has 0 aromatic heterocycles. The maximum absolute atomic E-state index is 12.5. The predicted molar refractivity (Wildman–Crippen MR) is 115 cm³/mol. The number of hydrogen-bond donors (Lipinski definition) is 0. The van der Waals surface area contributed by atoms with Crippen molar-refractivity contribution in [1.29, 1.82) is 0 Å². The molecule has 166 valence electrons. The van der Waals surface area contributed by atoms with Crippen molar-refractivity contribution in [2.75, 3.05) is 18.1 Å². The normalized spacial score (nSPS) is 16.1. The lowest BCUT2D eigenvalue weighted by molar-refractivity contribution is -0.138. The number of carbonyl (C=O) groups excluding carboxylic acids is 2. The van der Waals surface area contributed by atoms with Crippen molar-refractivity contribution in [2.45, 2.75) is 25.2 Å². The van der Waals surface area contributed by atoms with Gasteiger partial charge >= 0.3 is 22.1 Å². The first-order chi connectivity index (χ1) is 15.3. The van der Waals surface area contributed by atoms with Gasteiger partial charge in [-0.3, -0.25) is 0 Å². The van der Waals surface area contributed by atoms with E-state index in [9.17, 15) is 18.0 Å². The summed E-state index contributed by atoms with van der Waals surface area (Å²) in [6.45, 7) is 3.78. The van der Waals surface area contributed by atoms with Crippen molar-refractivity contribution < 1.29 is 31.7 Å². The van der Waals surface area contributed by atoms with Crippen LogP contribution in [0.15, 0.2) is 82.0 Å². The highest BCUT2D eigenvalue weighted by Crippen LogP contribution is 2.39. The number of cyclic esters (lactones) is 1. The fourth-order valence-corrected chi connectivity index (χ4v) is 4.59. The summed E-state index contributed by atoms with van der Waals surface area (Å²) in [5.74, 6) is -0.821. The largest absolute Gasteiger partial charge is 0.463 e. The molecule has 0 aliphatic carbocycles. The molecule has 0 bridgehead atoms. The summed E-state index contributed by atoms with van der Waals surface area (Å²) >= 11 is 0. The van der Waals surface area contributed by atoms with Gasteiger partial charge in [0, 0.05) is 17.8 Å². The Morgan fingerprint density at radius 2 is 1.78 bits per heavy atom. The summed E-state index contributed by atoms with van der Waals surface area (Å²) in [4.78, 5) is 26.5. The van der Waals surface area contributed by atoms with Gasteiger partial charge in [0.1, 0.15) is 17.3 Å². The van der Waals surface area contributed by atoms with Crippen LogP contribution in [0.4, 0.5) is 5.69 Å². The molecule has 2 aliphatic rings. The number of carbonyl (C=O) groups is 2. The number of ether oxygens (including phenoxy) is 2. The maximum Gasteiger partial charge on any atom is 0.339 e. The fourth-order valence-electron chi connectivity index (χ4n) is 3.64. The van der Waals surface area contributed by atoms with E-state index < -0.39 is 22.1 Å². The van der Waals surface area contributed by atoms with Gasteiger partial charge in [-0.25, -0.2) is 9.59 Å². The summed E-state index contributed by atoms with van der Waals surface area (Å²) in [6, 6.07) is 14.2. The predicted octanol–water partition coefficient (Wildman–Crippen LogP) is 3.31. The quantitative estimate of drug-likeness (QED) is 0.483. The molecule has 0 radical (unpaired) electrons. The third-order valence-electron chi connectivity index (χ3n) is 5.18. The van der Waals surface area contributed by atoms with E-state index >= 15 is 0 Å². The van der Waals surface area contributed by atoms with Gasteiger partial charge in [-0.2, -0.15) is 8.42 Å². The molecule has 2 heterocycles. The van der Waals surface area contributed by atoms with Crippen LogP contribution in [-0.4, -0.2) is 33.6 Å². The Morgan fingerprint density at radius 1 is 1.09 bits per heavy atom. The summed E-state index contributed by atoms with van der Waals surface area (Å²) < 4.78 is 40.5. The zero-order chi connectivity index (χ0) is 22.9. The molecular formula is C23H21NO7S. The zero-order valence-electron chi connectivity index (χ0n) is 17.5. The van der Waals surface area contributed by atoms with Crippen molar-refractivity contribution in [1.82, 2.24) is 0 Å². The Labute approximate surface area is 185 Å². The van der Waals surface area contributed by atoms with Crippen LogP contribution in [0.1, 0.15) is 20.3 Å². The number of rotatable bonds is 6. The van der Waals surface area contributed by atoms with Gasteiger partial charge in [0.15, 0.2) is 0 Å². The number of nitrogens with zero attached hydrogens (tertiary/aromatic N) is 1. The van der Waals surface area contributed by atoms with Gasteiger partial charge < -0.3 is 18.6 Å². The number of benzene rings is 2. The molecule has 32 heavy (non-hydrogen) atoms. The smallest absolute Gasteiger partial charge is 0.339 e. The van der Waals surface area contributed by atoms with Crippen LogP contribution in [0.2, 0.25) is 0 Å². The molecule has 0 amide bonds. The van der Waals surface area contributed by atoms with Gasteiger partial charge in [0.25, 0.3) is 0 Å². The summed E-state index contributed by atoms with van der Waals surface area (Å²) in [7, 11) is -3.97. The van der Waals surface area contributed by atoms with Gasteiger partial charge in [-0.1, -0.05) is 18.2 Å². The highest BCUT2D eigenvalue weighted by molar-refractivity contribution is 7.87. The molecule has 0 N–H and O–H groups in total. The number of allylic oxidation sites excluding steroid dienone is 1. The van der Waals surface area contributed by atoms with E-state index in [0.717, 1.165) is 0 Å². The minimum atomic E-state index is -3.97. The first-order valence-corrected chi connectivity index (χ1v) is 11.4. The molecule has 0 spiro atoms. The molecule has 4 rings (SSSR count). The van der Waals surface area contributed by atoms with Gasteiger partial charge in [-0.05, 0) is 50.2 Å². The fraction of sp³-hybridized carbons (Fsp3) is 0.217.